The molecule has 21 atom stereocenters. The maximum Gasteiger partial charge on any atom is 0.475 e. The second-order valence-corrected chi connectivity index (χ2v) is 39.0. The first-order valence-corrected chi connectivity index (χ1v) is 52.5. The highest BCUT2D eigenvalue weighted by Gasteiger charge is 2.47. The molecule has 5 rings (SSSR count). The Labute approximate surface area is 831 Å². The van der Waals surface area contributed by atoms with Gasteiger partial charge in [-0.15, -0.1) is 0 Å². The van der Waals surface area contributed by atoms with Gasteiger partial charge in [0.15, 0.2) is 18.9 Å². The molecule has 0 aromatic carbocycles. The van der Waals surface area contributed by atoms with Crippen LogP contribution in [0.1, 0.15) is 297 Å². The molecule has 37 nitrogen and oxygen atoms in total. The largest absolute Gasteiger partial charge is 0.475 e. The van der Waals surface area contributed by atoms with Crippen LogP contribution < -0.4 is 16.0 Å². The van der Waals surface area contributed by atoms with Crippen LogP contribution in [-0.4, -0.2) is 281 Å². The van der Waals surface area contributed by atoms with Crippen molar-refractivity contribution >= 4 is 107 Å². The third-order valence-corrected chi connectivity index (χ3v) is 28.0. The summed E-state index contributed by atoms with van der Waals surface area (Å²) in [5.74, 6) is -2.86. The zero-order valence-electron chi connectivity index (χ0n) is 86.7. The van der Waals surface area contributed by atoms with Gasteiger partial charge in [-0.05, 0) is 126 Å². The number of aliphatic hydroxyl groups excluding tert-OH is 1. The van der Waals surface area contributed by atoms with Crippen LogP contribution in [0.4, 0.5) is 0 Å². The molecule has 0 radical (unpaired) electrons. The molecule has 792 valence electrons. The molecule has 0 aromatic heterocycles. The normalized spacial score (nSPS) is 26.1. The Morgan fingerprint density at radius 1 is 0.486 bits per heavy atom. The molecule has 7 unspecified atom stereocenters. The van der Waals surface area contributed by atoms with Crippen molar-refractivity contribution in [2.75, 3.05) is 120 Å². The monoisotopic (exact) mass is 2020 g/mol. The zero-order chi connectivity index (χ0) is 104. The van der Waals surface area contributed by atoms with E-state index in [1.165, 1.54) is 39.8 Å². The van der Waals surface area contributed by atoms with Gasteiger partial charge in [-0.1, -0.05) is 75.2 Å². The first-order valence-electron chi connectivity index (χ1n) is 50.8. The first-order chi connectivity index (χ1) is 66.8. The van der Waals surface area contributed by atoms with Gasteiger partial charge < -0.3 is 92.3 Å². The summed E-state index contributed by atoms with van der Waals surface area (Å²) in [7, 11) is -1.92. The minimum absolute atomic E-state index is 0.0606. The number of phosphoric acid groups is 1. The van der Waals surface area contributed by atoms with Gasteiger partial charge in [0.1, 0.15) is 66.8 Å². The van der Waals surface area contributed by atoms with Gasteiger partial charge in [-0.25, -0.2) is 4.57 Å². The fourth-order valence-electron chi connectivity index (χ4n) is 16.9. The topological polar surface area (TPSA) is 479 Å². The molecule has 4 N–H and O–H groups in total. The second-order valence-electron chi connectivity index (χ2n) is 37.4. The number of carbonyl (C=O) groups excluding carboxylic acids is 13. The summed E-state index contributed by atoms with van der Waals surface area (Å²) < 4.78 is 129. The Balaban J connectivity index is 0.00000988. The summed E-state index contributed by atoms with van der Waals surface area (Å²) >= 11 is 7.33. The lowest BCUT2D eigenvalue weighted by atomic mass is 9.79. The summed E-state index contributed by atoms with van der Waals surface area (Å²) in [6.45, 7) is 23.3. The number of esters is 4. The SMILES string of the molecule is S=S.[2H]C[C@H]1O[C@@H](C)C[C@@H]1OP(=O)(OCCC#N)OC[C@@H]1C[C@@H](OC(=O)CCC(=O)NC)CN1C(=O)CC(=O)NC(COCCC(=O)CCCCCC(=O)CCCCO[C@@H]1OC(COC(C)=O)[C@H](C)[C@H](C)C1C)(COCCC(=O)CCCCCC(=O)CCCCO[C@@H]1OC(COC(C)=O)[C@H](C)[C@H](C)C1C)COCCC(=O)NCCCCC(=O)CCCCO[C@@H]1OC(COC(C)=O)[C@H](C)[C@H](C)C1C.[3H]OC. The van der Waals surface area contributed by atoms with E-state index in [-0.39, 0.29) is 261 Å². The molecule has 0 aliphatic carbocycles. The highest BCUT2D eigenvalue weighted by molar-refractivity contribution is 8.07. The fourth-order valence-corrected chi connectivity index (χ4v) is 18.4. The number of nitrogens with zero attached hydrogens (tertiary/aromatic N) is 2. The third-order valence-electron chi connectivity index (χ3n) is 26.5. The van der Waals surface area contributed by atoms with Crippen molar-refractivity contribution in [3.63, 3.8) is 0 Å². The number of nitriles is 1. The molecule has 40 heteroatoms. The number of likely N-dealkylation sites (tertiary alicyclic amines) is 1. The van der Waals surface area contributed by atoms with Gasteiger partial charge in [-0.3, -0.25) is 75.9 Å². The highest BCUT2D eigenvalue weighted by Crippen LogP contribution is 2.53. The van der Waals surface area contributed by atoms with Crippen molar-refractivity contribution in [1.82, 2.24) is 20.9 Å². The number of hydrogen-bond donors (Lipinski definition) is 4. The van der Waals surface area contributed by atoms with E-state index < -0.39 is 113 Å². The Bertz CT molecular complexity index is 3520. The van der Waals surface area contributed by atoms with E-state index in [0.29, 0.717) is 148 Å². The average molecular weight is 2020 g/mol. The first kappa shape index (κ1) is 122. The van der Waals surface area contributed by atoms with Crippen molar-refractivity contribution < 1.29 is 153 Å². The van der Waals surface area contributed by atoms with Crippen LogP contribution >= 0.6 is 7.82 Å². The molecular formula is C98H166N5O32PS2. The Morgan fingerprint density at radius 3 is 1.28 bits per heavy atom. The summed E-state index contributed by atoms with van der Waals surface area (Å²) in [6, 6.07) is 0.834. The summed E-state index contributed by atoms with van der Waals surface area (Å²) in [4.78, 5) is 170. The summed E-state index contributed by atoms with van der Waals surface area (Å²) in [5, 5.41) is 21.1. The molecule has 5 heterocycles. The number of ketones is 5. The molecule has 5 saturated heterocycles. The molecule has 0 bridgehead atoms. The van der Waals surface area contributed by atoms with Gasteiger partial charge in [0, 0.05) is 193 Å². The maximum absolute atomic E-state index is 14.9. The quantitative estimate of drug-likeness (QED) is 0.0144. The Morgan fingerprint density at radius 2 is 0.884 bits per heavy atom. The molecular weight excluding hydrogens is 1850 g/mol. The molecule has 5 fully saturated rings. The van der Waals surface area contributed by atoms with E-state index >= 15 is 0 Å². The number of nitrogens with one attached hydrogen (secondary N) is 3. The number of amides is 4. The number of carbonyl (C=O) groups is 13. The molecule has 0 aromatic rings. The second kappa shape index (κ2) is 71.2. The summed E-state index contributed by atoms with van der Waals surface area (Å²) in [5.41, 5.74) is -1.71. The Hall–Kier alpha value is -6.29. The Kier molecular flexibility index (Phi) is 63.1. The fraction of sp³-hybridized carbons (Fsp3) is 0.857. The molecule has 138 heavy (non-hydrogen) atoms. The van der Waals surface area contributed by atoms with Crippen molar-refractivity contribution in [3.05, 3.63) is 0 Å². The molecule has 0 spiro atoms. The molecule has 4 amide bonds. The molecule has 0 saturated carbocycles. The predicted molar refractivity (Wildman–Crippen MR) is 513 cm³/mol. The number of unbranched alkanes of at least 4 members (excludes halogenated alkanes) is 8. The van der Waals surface area contributed by atoms with Crippen molar-refractivity contribution in [1.29, 1.82) is 6.69 Å². The zero-order valence-corrected chi connectivity index (χ0v) is 87.2. The standard InChI is InChI=1S/C97H162N5O31P.CH4O.S2/c1-64-53-85(74(11)128-64)133-134(116,126-49-30-44-98)127-57-78-54-84(129-93(115)40-39-89(111)99-15)56-102(78)92(114)55-91(113)101-97(61-117-50-41-82(109)33-20-16-18-31-79(106)36-23-27-46-120-94-71(8)65(2)68(5)86(130-94)58-123-75(12)103,62-118-51-42-83(110)34-21-17-19-32-80(107)37-24-28-47-121-95-72(9)66(3)69(6)87(131-95)59-124-76(13)104)63-119-52-43-90(112)100-45-26-22-35-81(108)38-25-29-48-122-96-73(10)67(4)70(7)88(132-96)60-125-77(14)105;2*1-2/h64-74,78,84-88,94-96H,16-43,45-63H2,1-15H3,(H,99,111)(H,100,112)(H,101,113);2H,1H3;/t64-,65-,66-,67-,68+,69+,70+,71?,72?,73?,74+,78-,84+,85-,86?,87?,88?,94+,95+,96+,97?,134?;;/m0../s1/i11D;2T;. The number of Topliss-reactive ketones (excluding diaryl/α,β-unsaturated/α-hetero) is 5. The van der Waals surface area contributed by atoms with E-state index in [0.717, 1.165) is 0 Å². The number of rotatable bonds is 71. The third kappa shape index (κ3) is 50.8. The van der Waals surface area contributed by atoms with Crippen molar-refractivity contribution in [2.45, 2.75) is 369 Å². The van der Waals surface area contributed by atoms with E-state index in [1.54, 1.807) is 6.92 Å². The van der Waals surface area contributed by atoms with E-state index in [1.807, 2.05) is 6.07 Å². The summed E-state index contributed by atoms with van der Waals surface area (Å²) in [6.07, 6.45) is 3.44. The highest BCUT2D eigenvalue weighted by atomic mass is 32.8. The van der Waals surface area contributed by atoms with E-state index in [4.69, 9.17) is 82.7 Å². The van der Waals surface area contributed by atoms with Crippen LogP contribution in [0.5, 0.6) is 0 Å². The van der Waals surface area contributed by atoms with Crippen LogP contribution in [0.2, 0.25) is 0 Å². The van der Waals surface area contributed by atoms with Crippen LogP contribution in [0.15, 0.2) is 0 Å². The van der Waals surface area contributed by atoms with Crippen LogP contribution in [-0.2, 0) is 169 Å². The van der Waals surface area contributed by atoms with E-state index in [9.17, 15) is 72.2 Å². The number of aliphatic hydroxyl groups is 1. The number of ether oxygens (including phenoxy) is 14. The lowest BCUT2D eigenvalue weighted by molar-refractivity contribution is -0.255. The van der Waals surface area contributed by atoms with Gasteiger partial charge in [0.25, 0.3) is 0 Å². The van der Waals surface area contributed by atoms with Crippen molar-refractivity contribution in [2.24, 2.45) is 53.3 Å². The van der Waals surface area contributed by atoms with Gasteiger partial charge in [0.05, 0.1) is 121 Å². The predicted octanol–water partition coefficient (Wildman–Crippen LogP) is 11.9. The number of phosphoric ester groups is 1. The minimum Gasteiger partial charge on any atom is -0.463 e. The van der Waals surface area contributed by atoms with Gasteiger partial charge in [-0.2, -0.15) is 5.26 Å². The lowest BCUT2D eigenvalue weighted by Gasteiger charge is -2.43. The molecule has 5 aliphatic rings. The lowest BCUT2D eigenvalue weighted by Crippen LogP contribution is -2.59. The van der Waals surface area contributed by atoms with Crippen molar-refractivity contribution in [3.8, 4) is 6.07 Å². The van der Waals surface area contributed by atoms with E-state index in [2.05, 4.69) is 106 Å². The van der Waals surface area contributed by atoms with Gasteiger partial charge >= 0.3 is 31.7 Å². The maximum atomic E-state index is 14.9. The minimum atomic E-state index is -4.62. The van der Waals surface area contributed by atoms with Gasteiger partial charge in [0.2, 0.25) is 25.1 Å². The molecule has 5 aliphatic heterocycles. The average Bonchev–Trinajstić information content (AvgIpc) is 1.32. The van der Waals surface area contributed by atoms with Crippen LogP contribution in [0.3, 0.4) is 0 Å². The van der Waals surface area contributed by atoms with Crippen LogP contribution in [0.25, 0.3) is 0 Å². The smallest absolute Gasteiger partial charge is 0.463 e. The number of hydrogen-bond acceptors (Lipinski definition) is 35. The van der Waals surface area contributed by atoms with Crippen LogP contribution in [0, 0.1) is 64.6 Å².